The Balaban J connectivity index is 1.74. The molecule has 3 aromatic carbocycles. The molecule has 1 unspecified atom stereocenters. The molecule has 7 nitrogen and oxygen atoms in total. The average molecular weight is 440 g/mol. The van der Waals surface area contributed by atoms with Crippen LogP contribution in [0.4, 0.5) is 14.5 Å². The Kier molecular flexibility index (Phi) is 5.65. The van der Waals surface area contributed by atoms with E-state index in [1.807, 2.05) is 0 Å². The number of halogens is 2. The molecule has 0 aliphatic heterocycles. The van der Waals surface area contributed by atoms with Gasteiger partial charge in [0.05, 0.1) is 15.9 Å². The number of amides is 1. The lowest BCUT2D eigenvalue weighted by Gasteiger charge is -2.12. The fourth-order valence-corrected chi connectivity index (χ4v) is 3.21. The predicted molar refractivity (Wildman–Crippen MR) is 111 cm³/mol. The van der Waals surface area contributed by atoms with E-state index in [0.717, 1.165) is 12.1 Å². The maximum atomic E-state index is 14.1. The van der Waals surface area contributed by atoms with Gasteiger partial charge in [-0.15, -0.1) is 0 Å². The zero-order valence-corrected chi connectivity index (χ0v) is 16.5. The molecule has 0 aliphatic carbocycles. The standard InChI is InChI=1S/C21H14F2N4O3S/c22-12-8-9-18(15(23)10-12)30-21-19(26-16-6-1-2-7-17(16)27-21)20(28)25-13-4-3-5-14(11-13)31(24)29/h1-11H,24H2,(H,25,28). The molecule has 0 aliphatic rings. The van der Waals surface area contributed by atoms with Gasteiger partial charge in [0.2, 0.25) is 0 Å². The number of nitrogens with one attached hydrogen (secondary N) is 1. The number of hydrogen-bond acceptors (Lipinski definition) is 5. The number of nitrogens with zero attached hydrogens (tertiary/aromatic N) is 2. The van der Waals surface area contributed by atoms with Crippen LogP contribution in [0.5, 0.6) is 11.6 Å². The summed E-state index contributed by atoms with van der Waals surface area (Å²) in [6, 6.07) is 15.6. The summed E-state index contributed by atoms with van der Waals surface area (Å²) < 4.78 is 44.3. The Morgan fingerprint density at radius 1 is 0.968 bits per heavy atom. The minimum Gasteiger partial charge on any atom is -0.434 e. The molecule has 0 saturated heterocycles. The van der Waals surface area contributed by atoms with Gasteiger partial charge in [-0.2, -0.15) is 0 Å². The Bertz CT molecular complexity index is 1330. The third-order valence-electron chi connectivity index (χ3n) is 4.18. The normalized spacial score (nSPS) is 11.8. The number of aromatic nitrogens is 2. The highest BCUT2D eigenvalue weighted by Gasteiger charge is 2.20. The SMILES string of the molecule is NS(=O)c1cccc(NC(=O)c2nc3ccccc3nc2Oc2ccc(F)cc2F)c1. The zero-order chi connectivity index (χ0) is 22.0. The number of rotatable bonds is 5. The molecule has 0 saturated carbocycles. The van der Waals surface area contributed by atoms with Crippen molar-refractivity contribution in [3.05, 3.63) is 84.1 Å². The van der Waals surface area contributed by atoms with E-state index in [4.69, 9.17) is 9.88 Å². The molecule has 3 N–H and O–H groups in total. The van der Waals surface area contributed by atoms with Crippen molar-refractivity contribution in [1.82, 2.24) is 9.97 Å². The van der Waals surface area contributed by atoms with Crippen molar-refractivity contribution in [3.63, 3.8) is 0 Å². The summed E-state index contributed by atoms with van der Waals surface area (Å²) in [7, 11) is -1.73. The topological polar surface area (TPSA) is 107 Å². The maximum absolute atomic E-state index is 14.1. The molecule has 0 fully saturated rings. The number of fused-ring (bicyclic) bond motifs is 1. The summed E-state index contributed by atoms with van der Waals surface area (Å²) in [6.07, 6.45) is 0. The van der Waals surface area contributed by atoms with Crippen molar-refractivity contribution in [2.24, 2.45) is 5.14 Å². The van der Waals surface area contributed by atoms with Crippen molar-refractivity contribution in [1.29, 1.82) is 0 Å². The summed E-state index contributed by atoms with van der Waals surface area (Å²) in [5.41, 5.74) is 0.922. The van der Waals surface area contributed by atoms with Crippen molar-refractivity contribution < 1.29 is 22.5 Å². The van der Waals surface area contributed by atoms with Crippen LogP contribution in [0.2, 0.25) is 0 Å². The number of benzene rings is 3. The smallest absolute Gasteiger partial charge is 0.279 e. The van der Waals surface area contributed by atoms with Crippen LogP contribution in [0.1, 0.15) is 10.5 Å². The number of hydrogen-bond donors (Lipinski definition) is 2. The average Bonchev–Trinajstić information content (AvgIpc) is 2.75. The van der Waals surface area contributed by atoms with Crippen LogP contribution in [-0.4, -0.2) is 20.1 Å². The second-order valence-corrected chi connectivity index (χ2v) is 7.39. The van der Waals surface area contributed by atoms with Crippen LogP contribution in [0.25, 0.3) is 11.0 Å². The van der Waals surface area contributed by atoms with Crippen LogP contribution in [0.3, 0.4) is 0 Å². The zero-order valence-electron chi connectivity index (χ0n) is 15.7. The van der Waals surface area contributed by atoms with E-state index in [1.165, 1.54) is 6.07 Å². The van der Waals surface area contributed by atoms with Crippen LogP contribution >= 0.6 is 0 Å². The Morgan fingerprint density at radius 3 is 2.42 bits per heavy atom. The first-order valence-corrected chi connectivity index (χ1v) is 10.1. The Labute approximate surface area is 177 Å². The molecule has 4 rings (SSSR count). The van der Waals surface area contributed by atoms with E-state index in [9.17, 15) is 17.8 Å². The van der Waals surface area contributed by atoms with E-state index in [-0.39, 0.29) is 17.3 Å². The van der Waals surface area contributed by atoms with Crippen LogP contribution in [0, 0.1) is 11.6 Å². The monoisotopic (exact) mass is 440 g/mol. The van der Waals surface area contributed by atoms with Gasteiger partial charge in [0, 0.05) is 11.8 Å². The second kappa shape index (κ2) is 8.54. The van der Waals surface area contributed by atoms with Crippen molar-refractivity contribution in [3.8, 4) is 11.6 Å². The highest BCUT2D eigenvalue weighted by atomic mass is 32.2. The maximum Gasteiger partial charge on any atom is 0.279 e. The van der Waals surface area contributed by atoms with Gasteiger partial charge in [-0.25, -0.2) is 28.1 Å². The summed E-state index contributed by atoms with van der Waals surface area (Å²) >= 11 is 0. The molecule has 31 heavy (non-hydrogen) atoms. The molecule has 0 spiro atoms. The number of carbonyl (C=O) groups is 1. The van der Waals surface area contributed by atoms with Gasteiger partial charge >= 0.3 is 0 Å². The number of para-hydroxylation sites is 2. The minimum absolute atomic E-state index is 0.221. The third kappa shape index (κ3) is 4.55. The number of anilines is 1. The van der Waals surface area contributed by atoms with E-state index >= 15 is 0 Å². The lowest BCUT2D eigenvalue weighted by Crippen LogP contribution is -2.16. The van der Waals surface area contributed by atoms with Crippen molar-refractivity contribution >= 4 is 33.6 Å². The van der Waals surface area contributed by atoms with Gasteiger partial charge in [0.25, 0.3) is 11.8 Å². The Morgan fingerprint density at radius 2 is 1.71 bits per heavy atom. The van der Waals surface area contributed by atoms with E-state index < -0.39 is 28.5 Å². The Hall–Kier alpha value is -3.76. The van der Waals surface area contributed by atoms with Gasteiger partial charge in [-0.3, -0.25) is 4.79 Å². The van der Waals surface area contributed by atoms with E-state index in [0.29, 0.717) is 27.7 Å². The van der Waals surface area contributed by atoms with Crippen LogP contribution < -0.4 is 15.2 Å². The van der Waals surface area contributed by atoms with Crippen molar-refractivity contribution in [2.75, 3.05) is 5.32 Å². The van der Waals surface area contributed by atoms with Gasteiger partial charge in [-0.1, -0.05) is 18.2 Å². The first-order valence-electron chi connectivity index (χ1n) is 8.88. The molecule has 156 valence electrons. The fourth-order valence-electron chi connectivity index (χ4n) is 2.75. The third-order valence-corrected chi connectivity index (χ3v) is 4.90. The molecule has 1 heterocycles. The molecular weight excluding hydrogens is 426 g/mol. The van der Waals surface area contributed by atoms with Crippen molar-refractivity contribution in [2.45, 2.75) is 4.90 Å². The molecule has 0 radical (unpaired) electrons. The molecule has 0 bridgehead atoms. The summed E-state index contributed by atoms with van der Waals surface area (Å²) in [6.45, 7) is 0. The number of ether oxygens (including phenoxy) is 1. The lowest BCUT2D eigenvalue weighted by atomic mass is 10.2. The minimum atomic E-state index is -1.73. The number of nitrogens with two attached hydrogens (primary N) is 1. The molecular formula is C21H14F2N4O3S. The van der Waals surface area contributed by atoms with E-state index in [1.54, 1.807) is 42.5 Å². The fraction of sp³-hybridized carbons (Fsp3) is 0. The van der Waals surface area contributed by atoms with E-state index in [2.05, 4.69) is 15.3 Å². The summed E-state index contributed by atoms with van der Waals surface area (Å²) in [4.78, 5) is 21.8. The molecule has 4 aromatic rings. The highest BCUT2D eigenvalue weighted by molar-refractivity contribution is 7.82. The quantitative estimate of drug-likeness (QED) is 0.489. The van der Waals surface area contributed by atoms with Gasteiger partial charge in [-0.05, 0) is 42.5 Å². The largest absolute Gasteiger partial charge is 0.434 e. The van der Waals surface area contributed by atoms with Crippen LogP contribution in [0.15, 0.2) is 71.6 Å². The van der Waals surface area contributed by atoms with Gasteiger partial charge < -0.3 is 10.1 Å². The van der Waals surface area contributed by atoms with Gasteiger partial charge in [0.15, 0.2) is 17.3 Å². The lowest BCUT2D eigenvalue weighted by molar-refractivity contribution is 0.101. The van der Waals surface area contributed by atoms with Crippen LogP contribution in [-0.2, 0) is 11.0 Å². The molecule has 1 atom stereocenters. The molecule has 1 amide bonds. The van der Waals surface area contributed by atoms with Gasteiger partial charge in [0.1, 0.15) is 16.8 Å². The summed E-state index contributed by atoms with van der Waals surface area (Å²) in [5, 5.41) is 7.98. The first kappa shape index (κ1) is 20.5. The second-order valence-electron chi connectivity index (χ2n) is 6.32. The first-order chi connectivity index (χ1) is 14.9. The summed E-state index contributed by atoms with van der Waals surface area (Å²) in [5.74, 6) is -3.01. The molecule has 10 heteroatoms. The number of carbonyl (C=O) groups excluding carboxylic acids is 1. The predicted octanol–water partition coefficient (Wildman–Crippen LogP) is 3.93. The molecule has 1 aromatic heterocycles. The highest BCUT2D eigenvalue weighted by Crippen LogP contribution is 2.28.